The molecular weight excluding hydrogens is 434 g/mol. The van der Waals surface area contributed by atoms with Gasteiger partial charge in [0, 0.05) is 24.4 Å². The van der Waals surface area contributed by atoms with Gasteiger partial charge in [0.05, 0.1) is 40.9 Å². The second-order valence-corrected chi connectivity index (χ2v) is 11.1. The number of piperidine rings is 1. The molecule has 8 nitrogen and oxygen atoms in total. The van der Waals surface area contributed by atoms with Crippen molar-refractivity contribution in [3.63, 3.8) is 0 Å². The van der Waals surface area contributed by atoms with Crippen molar-refractivity contribution < 1.29 is 19.7 Å². The maximum Gasteiger partial charge on any atom is 0.272 e. The average Bonchev–Trinajstić information content (AvgIpc) is 2.81. The molecule has 2 aromatic rings. The van der Waals surface area contributed by atoms with Crippen molar-refractivity contribution in [2.45, 2.75) is 76.3 Å². The summed E-state index contributed by atoms with van der Waals surface area (Å²) < 4.78 is 6.60. The Morgan fingerprint density at radius 3 is 2.56 bits per heavy atom. The van der Waals surface area contributed by atoms with Crippen LogP contribution in [-0.4, -0.2) is 67.7 Å². The molecule has 0 unspecified atom stereocenters. The molecule has 5 rings (SSSR count). The number of fused-ring (bicyclic) bond motifs is 3. The summed E-state index contributed by atoms with van der Waals surface area (Å²) in [6.45, 7) is 7.16. The van der Waals surface area contributed by atoms with Gasteiger partial charge < -0.3 is 19.8 Å². The number of likely N-dealkylation sites (tertiary alicyclic amines) is 1. The standard InChI is InChI=1S/C26H35N3O5/c1-25(2)16-12-19(26(3,33)21(30)13-16)23(34-25)15-8-10-29(11-9-15)22(31)14-20-17-6-4-5-7-18(17)24(32)28-27-20/h4-7,15-16,19,21,23,30,33H,8-14H2,1-3H3,(H,28,32)/t16-,19+,21-,23-,26-/m0/s1. The van der Waals surface area contributed by atoms with Gasteiger partial charge in [-0.3, -0.25) is 9.59 Å². The maximum atomic E-state index is 13.1. The molecule has 3 heterocycles. The summed E-state index contributed by atoms with van der Waals surface area (Å²) in [6, 6.07) is 7.21. The van der Waals surface area contributed by atoms with Crippen molar-refractivity contribution in [3.05, 3.63) is 40.3 Å². The van der Waals surface area contributed by atoms with E-state index in [4.69, 9.17) is 4.74 Å². The Morgan fingerprint density at radius 2 is 1.85 bits per heavy atom. The number of aliphatic hydroxyl groups is 2. The van der Waals surface area contributed by atoms with Crippen LogP contribution < -0.4 is 5.56 Å². The van der Waals surface area contributed by atoms with Gasteiger partial charge in [0.25, 0.3) is 5.56 Å². The number of carbonyl (C=O) groups is 1. The number of aromatic amines is 1. The predicted octanol–water partition coefficient (Wildman–Crippen LogP) is 2.02. The largest absolute Gasteiger partial charge is 0.390 e. The number of nitrogens with one attached hydrogen (secondary N) is 1. The monoisotopic (exact) mass is 469 g/mol. The highest BCUT2D eigenvalue weighted by atomic mass is 16.5. The van der Waals surface area contributed by atoms with Gasteiger partial charge in [0.2, 0.25) is 5.91 Å². The van der Waals surface area contributed by atoms with Crippen molar-refractivity contribution in [1.29, 1.82) is 0 Å². The van der Waals surface area contributed by atoms with Crippen LogP contribution in [-0.2, 0) is 16.0 Å². The number of nitrogens with zero attached hydrogens (tertiary/aromatic N) is 2. The number of carbonyl (C=O) groups excluding carboxylic acids is 1. The van der Waals surface area contributed by atoms with Gasteiger partial charge in [-0.05, 0) is 64.4 Å². The first kappa shape index (κ1) is 23.5. The number of rotatable bonds is 3. The first-order valence-electron chi connectivity index (χ1n) is 12.4. The lowest BCUT2D eigenvalue weighted by molar-refractivity contribution is -0.271. The van der Waals surface area contributed by atoms with Crippen LogP contribution in [0.3, 0.4) is 0 Å². The van der Waals surface area contributed by atoms with E-state index in [2.05, 4.69) is 24.0 Å². The summed E-state index contributed by atoms with van der Waals surface area (Å²) in [5, 5.41) is 29.7. The lowest BCUT2D eigenvalue weighted by Crippen LogP contribution is -2.65. The molecule has 3 aliphatic rings. The number of amides is 1. The SMILES string of the molecule is CC1(C)O[C@@H](C2CCN(C(=O)Cc3n[nH]c(=O)c4ccccc34)CC2)[C@H]2C[C@H]1C[C@H](O)[C@@]2(C)O. The van der Waals surface area contributed by atoms with Crippen LogP contribution in [0.1, 0.15) is 52.1 Å². The van der Waals surface area contributed by atoms with Gasteiger partial charge in [-0.25, -0.2) is 5.10 Å². The molecule has 3 fully saturated rings. The highest BCUT2D eigenvalue weighted by molar-refractivity contribution is 5.88. The molecule has 8 heteroatoms. The fraction of sp³-hybridized carbons (Fsp3) is 0.654. The van der Waals surface area contributed by atoms with Gasteiger partial charge >= 0.3 is 0 Å². The van der Waals surface area contributed by atoms with Crippen LogP contribution in [0.4, 0.5) is 0 Å². The Balaban J connectivity index is 1.27. The van der Waals surface area contributed by atoms with Gasteiger partial charge in [-0.1, -0.05) is 18.2 Å². The molecule has 34 heavy (non-hydrogen) atoms. The second-order valence-electron chi connectivity index (χ2n) is 11.1. The van der Waals surface area contributed by atoms with E-state index in [0.717, 1.165) is 19.3 Å². The molecule has 184 valence electrons. The molecule has 1 amide bonds. The Labute approximate surface area is 199 Å². The zero-order valence-corrected chi connectivity index (χ0v) is 20.2. The summed E-state index contributed by atoms with van der Waals surface area (Å²) in [4.78, 5) is 27.0. The summed E-state index contributed by atoms with van der Waals surface area (Å²) in [7, 11) is 0. The molecule has 2 saturated heterocycles. The van der Waals surface area contributed by atoms with Crippen LogP contribution in [0.25, 0.3) is 10.8 Å². The van der Waals surface area contributed by atoms with Crippen LogP contribution in [0.15, 0.2) is 29.1 Å². The Bertz CT molecular complexity index is 1130. The molecule has 3 N–H and O–H groups in total. The zero-order valence-electron chi connectivity index (χ0n) is 20.2. The van der Waals surface area contributed by atoms with Crippen LogP contribution >= 0.6 is 0 Å². The maximum absolute atomic E-state index is 13.1. The predicted molar refractivity (Wildman–Crippen MR) is 127 cm³/mol. The van der Waals surface area contributed by atoms with E-state index in [1.807, 2.05) is 17.0 Å². The molecule has 1 aromatic carbocycles. The first-order chi connectivity index (χ1) is 16.1. The number of hydrogen-bond acceptors (Lipinski definition) is 6. The Hall–Kier alpha value is -2.29. The highest BCUT2D eigenvalue weighted by Crippen LogP contribution is 2.52. The minimum Gasteiger partial charge on any atom is -0.390 e. The van der Waals surface area contributed by atoms with Crippen molar-refractivity contribution in [3.8, 4) is 0 Å². The smallest absolute Gasteiger partial charge is 0.272 e. The number of aliphatic hydroxyl groups excluding tert-OH is 1. The number of hydrogen-bond donors (Lipinski definition) is 3. The number of benzene rings is 1. The van der Waals surface area contributed by atoms with Crippen LogP contribution in [0.5, 0.6) is 0 Å². The van der Waals surface area contributed by atoms with E-state index in [0.29, 0.717) is 36.0 Å². The minimum atomic E-state index is -1.17. The van der Waals surface area contributed by atoms with Gasteiger partial charge in [0.15, 0.2) is 0 Å². The lowest BCUT2D eigenvalue weighted by atomic mass is 9.60. The molecule has 0 spiro atoms. The Kier molecular flexibility index (Phi) is 5.81. The summed E-state index contributed by atoms with van der Waals surface area (Å²) >= 11 is 0. The van der Waals surface area contributed by atoms with Crippen LogP contribution in [0.2, 0.25) is 0 Å². The average molecular weight is 470 g/mol. The quantitative estimate of drug-likeness (QED) is 0.634. The molecule has 1 aromatic heterocycles. The Morgan fingerprint density at radius 1 is 1.18 bits per heavy atom. The fourth-order valence-electron chi connectivity index (χ4n) is 6.42. The number of aromatic nitrogens is 2. The highest BCUT2D eigenvalue weighted by Gasteiger charge is 2.57. The van der Waals surface area contributed by atoms with Gasteiger partial charge in [-0.15, -0.1) is 0 Å². The normalized spacial score (nSPS) is 33.7. The van der Waals surface area contributed by atoms with Gasteiger partial charge in [-0.2, -0.15) is 5.10 Å². The van der Waals surface area contributed by atoms with E-state index in [1.165, 1.54) is 0 Å². The molecular formula is C26H35N3O5. The van der Waals surface area contributed by atoms with E-state index in [1.54, 1.807) is 19.1 Å². The molecule has 2 bridgehead atoms. The van der Waals surface area contributed by atoms with E-state index in [9.17, 15) is 19.8 Å². The molecule has 1 saturated carbocycles. The third-order valence-corrected chi connectivity index (χ3v) is 8.74. The van der Waals surface area contributed by atoms with Crippen molar-refractivity contribution in [1.82, 2.24) is 15.1 Å². The van der Waals surface area contributed by atoms with Crippen molar-refractivity contribution >= 4 is 16.7 Å². The van der Waals surface area contributed by atoms with E-state index in [-0.39, 0.29) is 47.3 Å². The summed E-state index contributed by atoms with van der Waals surface area (Å²) in [5.74, 6) is 0.329. The second kappa shape index (κ2) is 8.43. The minimum absolute atomic E-state index is 0.00630. The summed E-state index contributed by atoms with van der Waals surface area (Å²) in [6.07, 6.45) is 2.25. The molecule has 5 atom stereocenters. The zero-order chi connectivity index (χ0) is 24.3. The summed E-state index contributed by atoms with van der Waals surface area (Å²) in [5.41, 5.74) is -1.18. The van der Waals surface area contributed by atoms with Crippen molar-refractivity contribution in [2.24, 2.45) is 17.8 Å². The number of H-pyrrole nitrogens is 1. The van der Waals surface area contributed by atoms with Crippen molar-refractivity contribution in [2.75, 3.05) is 13.1 Å². The molecule has 0 radical (unpaired) electrons. The first-order valence-corrected chi connectivity index (χ1v) is 12.4. The van der Waals surface area contributed by atoms with Crippen LogP contribution in [0, 0.1) is 17.8 Å². The van der Waals surface area contributed by atoms with E-state index < -0.39 is 11.7 Å². The van der Waals surface area contributed by atoms with E-state index >= 15 is 0 Å². The fourth-order valence-corrected chi connectivity index (χ4v) is 6.42. The third kappa shape index (κ3) is 3.95. The third-order valence-electron chi connectivity index (χ3n) is 8.74. The number of ether oxygens (including phenoxy) is 1. The van der Waals surface area contributed by atoms with Gasteiger partial charge in [0.1, 0.15) is 0 Å². The lowest BCUT2D eigenvalue weighted by Gasteiger charge is -2.58. The molecule has 1 aliphatic carbocycles. The topological polar surface area (TPSA) is 116 Å². The molecule has 2 aliphatic heterocycles.